The number of hydrogen-bond donors (Lipinski definition) is 0. The first-order chi connectivity index (χ1) is 11.0. The lowest BCUT2D eigenvalue weighted by Crippen LogP contribution is -2.14. The van der Waals surface area contributed by atoms with Gasteiger partial charge in [-0.25, -0.2) is 9.18 Å². The smallest absolute Gasteiger partial charge is 0.442 e. The standard InChI is InChI=1S/C16H12ClFN2O3/c1-9-4-3-5-13(14(9)22-2)20-16(21)23-15(19-20)11-7-6-10(18)8-12(11)17/h3-8H,1-2H3. The van der Waals surface area contributed by atoms with Gasteiger partial charge in [-0.3, -0.25) is 0 Å². The number of aryl methyl sites for hydroxylation is 1. The second kappa shape index (κ2) is 5.89. The second-order valence-corrected chi connectivity index (χ2v) is 5.24. The summed E-state index contributed by atoms with van der Waals surface area (Å²) >= 11 is 5.98. The molecule has 0 aliphatic carbocycles. The quantitative estimate of drug-likeness (QED) is 0.734. The Kier molecular flexibility index (Phi) is 3.92. The Morgan fingerprint density at radius 3 is 2.78 bits per heavy atom. The maximum Gasteiger partial charge on any atom is 0.442 e. The van der Waals surface area contributed by atoms with Gasteiger partial charge >= 0.3 is 5.76 Å². The molecule has 1 aromatic heterocycles. The minimum absolute atomic E-state index is 0.00330. The minimum Gasteiger partial charge on any atom is -0.494 e. The Bertz CT molecular complexity index is 933. The summed E-state index contributed by atoms with van der Waals surface area (Å²) in [5.74, 6) is -0.659. The highest BCUT2D eigenvalue weighted by atomic mass is 35.5. The van der Waals surface area contributed by atoms with E-state index < -0.39 is 11.6 Å². The van der Waals surface area contributed by atoms with E-state index in [0.29, 0.717) is 17.0 Å². The Morgan fingerprint density at radius 1 is 1.30 bits per heavy atom. The molecule has 0 aliphatic heterocycles. The number of halogens is 2. The van der Waals surface area contributed by atoms with Crippen LogP contribution in [0.25, 0.3) is 17.1 Å². The van der Waals surface area contributed by atoms with Crippen molar-refractivity contribution in [1.82, 2.24) is 9.78 Å². The van der Waals surface area contributed by atoms with Crippen LogP contribution in [-0.2, 0) is 0 Å². The lowest BCUT2D eigenvalue weighted by molar-refractivity contribution is 0.407. The number of para-hydroxylation sites is 1. The number of rotatable bonds is 3. The van der Waals surface area contributed by atoms with Crippen LogP contribution in [0.2, 0.25) is 5.02 Å². The minimum atomic E-state index is -0.690. The van der Waals surface area contributed by atoms with Gasteiger partial charge in [-0.05, 0) is 36.8 Å². The van der Waals surface area contributed by atoms with Crippen molar-refractivity contribution >= 4 is 11.6 Å². The van der Waals surface area contributed by atoms with E-state index in [9.17, 15) is 9.18 Å². The largest absolute Gasteiger partial charge is 0.494 e. The van der Waals surface area contributed by atoms with E-state index in [-0.39, 0.29) is 10.9 Å². The van der Waals surface area contributed by atoms with Gasteiger partial charge in [-0.2, -0.15) is 4.68 Å². The van der Waals surface area contributed by atoms with E-state index in [0.717, 1.165) is 16.3 Å². The van der Waals surface area contributed by atoms with Crippen LogP contribution < -0.4 is 10.5 Å². The lowest BCUT2D eigenvalue weighted by Gasteiger charge is -2.09. The molecule has 0 fully saturated rings. The van der Waals surface area contributed by atoms with E-state index >= 15 is 0 Å². The molecule has 3 aromatic rings. The molecule has 0 saturated carbocycles. The lowest BCUT2D eigenvalue weighted by atomic mass is 10.2. The molecule has 0 radical (unpaired) electrons. The molecular weight excluding hydrogens is 323 g/mol. The molecular formula is C16H12ClFN2O3. The number of hydrogen-bond acceptors (Lipinski definition) is 4. The summed E-state index contributed by atoms with van der Waals surface area (Å²) in [6.07, 6.45) is 0. The third-order valence-corrected chi connectivity index (χ3v) is 3.65. The van der Waals surface area contributed by atoms with Crippen LogP contribution in [0.15, 0.2) is 45.6 Å². The van der Waals surface area contributed by atoms with Crippen molar-refractivity contribution in [2.24, 2.45) is 0 Å². The summed E-state index contributed by atoms with van der Waals surface area (Å²) < 4.78 is 24.7. The predicted molar refractivity (Wildman–Crippen MR) is 83.8 cm³/mol. The molecule has 0 bridgehead atoms. The fraction of sp³-hybridized carbons (Fsp3) is 0.125. The van der Waals surface area contributed by atoms with Crippen LogP contribution in [0.5, 0.6) is 5.75 Å². The number of nitrogens with zero attached hydrogens (tertiary/aromatic N) is 2. The SMILES string of the molecule is COc1c(C)cccc1-n1nc(-c2ccc(F)cc2Cl)oc1=O. The van der Waals surface area contributed by atoms with Gasteiger partial charge in [0.1, 0.15) is 17.3 Å². The average molecular weight is 335 g/mol. The van der Waals surface area contributed by atoms with Crippen molar-refractivity contribution in [3.05, 3.63) is 63.4 Å². The first-order valence-corrected chi connectivity index (χ1v) is 7.08. The molecule has 0 aliphatic rings. The van der Waals surface area contributed by atoms with Crippen molar-refractivity contribution in [1.29, 1.82) is 0 Å². The first kappa shape index (κ1) is 15.3. The molecule has 0 amide bonds. The normalized spacial score (nSPS) is 10.8. The Balaban J connectivity index is 2.16. The number of ether oxygens (including phenoxy) is 1. The summed E-state index contributed by atoms with van der Waals surface area (Å²) in [6.45, 7) is 1.85. The van der Waals surface area contributed by atoms with Crippen LogP contribution in [0.1, 0.15) is 5.56 Å². The van der Waals surface area contributed by atoms with Gasteiger partial charge in [-0.1, -0.05) is 23.7 Å². The Hall–Kier alpha value is -2.60. The Morgan fingerprint density at radius 2 is 2.09 bits per heavy atom. The van der Waals surface area contributed by atoms with Crippen molar-refractivity contribution < 1.29 is 13.5 Å². The van der Waals surface area contributed by atoms with Crippen LogP contribution in [0, 0.1) is 12.7 Å². The fourth-order valence-corrected chi connectivity index (χ4v) is 2.52. The number of aromatic nitrogens is 2. The molecule has 3 rings (SSSR count). The molecule has 0 unspecified atom stereocenters. The number of benzene rings is 2. The molecule has 23 heavy (non-hydrogen) atoms. The van der Waals surface area contributed by atoms with Gasteiger partial charge in [0.15, 0.2) is 0 Å². The van der Waals surface area contributed by atoms with Crippen LogP contribution in [0.4, 0.5) is 4.39 Å². The van der Waals surface area contributed by atoms with E-state index in [1.54, 1.807) is 12.1 Å². The number of methoxy groups -OCH3 is 1. The molecule has 5 nitrogen and oxygen atoms in total. The average Bonchev–Trinajstić information content (AvgIpc) is 2.88. The highest BCUT2D eigenvalue weighted by Crippen LogP contribution is 2.29. The monoisotopic (exact) mass is 334 g/mol. The predicted octanol–water partition coefficient (Wildman–Crippen LogP) is 3.60. The summed E-state index contributed by atoms with van der Waals surface area (Å²) in [6, 6.07) is 9.06. The van der Waals surface area contributed by atoms with Crippen molar-refractivity contribution in [3.8, 4) is 22.9 Å². The summed E-state index contributed by atoms with van der Waals surface area (Å²) in [5.41, 5.74) is 1.63. The van der Waals surface area contributed by atoms with Gasteiger partial charge in [0.25, 0.3) is 5.89 Å². The topological polar surface area (TPSA) is 57.3 Å². The third kappa shape index (κ3) is 2.73. The van der Waals surface area contributed by atoms with Gasteiger partial charge in [0.05, 0.1) is 17.7 Å². The molecule has 0 saturated heterocycles. The van der Waals surface area contributed by atoms with Crippen LogP contribution in [-0.4, -0.2) is 16.9 Å². The maximum absolute atomic E-state index is 13.1. The highest BCUT2D eigenvalue weighted by Gasteiger charge is 2.18. The molecule has 0 N–H and O–H groups in total. The van der Waals surface area contributed by atoms with Crippen molar-refractivity contribution in [2.75, 3.05) is 7.11 Å². The van der Waals surface area contributed by atoms with Gasteiger partial charge in [0, 0.05) is 0 Å². The van der Waals surface area contributed by atoms with E-state index in [4.69, 9.17) is 20.8 Å². The first-order valence-electron chi connectivity index (χ1n) is 6.71. The summed E-state index contributed by atoms with van der Waals surface area (Å²) in [5, 5.41) is 4.25. The zero-order valence-electron chi connectivity index (χ0n) is 12.3. The zero-order valence-corrected chi connectivity index (χ0v) is 13.1. The summed E-state index contributed by atoms with van der Waals surface area (Å²) in [4.78, 5) is 12.1. The van der Waals surface area contributed by atoms with Crippen LogP contribution >= 0.6 is 11.6 Å². The molecule has 2 aromatic carbocycles. The molecule has 118 valence electrons. The second-order valence-electron chi connectivity index (χ2n) is 4.84. The van der Waals surface area contributed by atoms with Crippen molar-refractivity contribution in [2.45, 2.75) is 6.92 Å². The highest BCUT2D eigenvalue weighted by molar-refractivity contribution is 6.33. The fourth-order valence-electron chi connectivity index (χ4n) is 2.27. The van der Waals surface area contributed by atoms with E-state index in [1.165, 1.54) is 19.2 Å². The summed E-state index contributed by atoms with van der Waals surface area (Å²) in [7, 11) is 1.51. The van der Waals surface area contributed by atoms with Gasteiger partial charge in [0.2, 0.25) is 0 Å². The molecule has 7 heteroatoms. The Labute approximate surface area is 135 Å². The third-order valence-electron chi connectivity index (χ3n) is 3.33. The molecule has 1 heterocycles. The zero-order chi connectivity index (χ0) is 16.6. The van der Waals surface area contributed by atoms with Gasteiger partial charge < -0.3 is 9.15 Å². The maximum atomic E-state index is 13.1. The molecule has 0 spiro atoms. The molecule has 0 atom stereocenters. The van der Waals surface area contributed by atoms with Crippen molar-refractivity contribution in [3.63, 3.8) is 0 Å². The van der Waals surface area contributed by atoms with E-state index in [2.05, 4.69) is 5.10 Å². The van der Waals surface area contributed by atoms with Crippen LogP contribution in [0.3, 0.4) is 0 Å². The van der Waals surface area contributed by atoms with Gasteiger partial charge in [-0.15, -0.1) is 5.10 Å². The van der Waals surface area contributed by atoms with E-state index in [1.807, 2.05) is 13.0 Å².